The fourth-order valence-electron chi connectivity index (χ4n) is 2.95. The van der Waals surface area contributed by atoms with Gasteiger partial charge in [-0.15, -0.1) is 0 Å². The summed E-state index contributed by atoms with van der Waals surface area (Å²) in [4.78, 5) is 16.8. The molecule has 3 rings (SSSR count). The van der Waals surface area contributed by atoms with Crippen molar-refractivity contribution in [3.05, 3.63) is 58.9 Å². The van der Waals surface area contributed by atoms with Crippen LogP contribution in [-0.2, 0) is 16.4 Å². The minimum absolute atomic E-state index is 0.0441. The Morgan fingerprint density at radius 1 is 1.22 bits per heavy atom. The van der Waals surface area contributed by atoms with Crippen LogP contribution in [-0.4, -0.2) is 36.7 Å². The number of aromatic nitrogens is 2. The zero-order valence-electron chi connectivity index (χ0n) is 15.1. The molecular weight excluding hydrogens is 386 g/mol. The van der Waals surface area contributed by atoms with Crippen LogP contribution in [0.5, 0.6) is 0 Å². The Hall–Kier alpha value is -2.38. The predicted octanol–water partition coefficient (Wildman–Crippen LogP) is 3.22. The molecule has 2 aromatic carbocycles. The minimum Gasteiger partial charge on any atom is -0.352 e. The summed E-state index contributed by atoms with van der Waals surface area (Å²) in [7, 11) is -3.49. The Morgan fingerprint density at radius 2 is 1.96 bits per heavy atom. The van der Waals surface area contributed by atoms with Crippen molar-refractivity contribution in [1.82, 2.24) is 14.9 Å². The average Bonchev–Trinajstić information content (AvgIpc) is 2.93. The van der Waals surface area contributed by atoms with Gasteiger partial charge in [0, 0.05) is 24.9 Å². The van der Waals surface area contributed by atoms with Crippen LogP contribution in [0, 0.1) is 6.92 Å². The second-order valence-electron chi connectivity index (χ2n) is 6.33. The number of para-hydroxylation sites is 2. The number of nitrogens with zero attached hydrogens (tertiary/aromatic N) is 2. The SMILES string of the molecule is Cc1nc2ccccc2n1CCCNC(=O)c1ccc(Cl)c(S(C)(=O)=O)c1. The first-order valence-electron chi connectivity index (χ1n) is 8.47. The number of rotatable bonds is 6. The van der Waals surface area contributed by atoms with Crippen molar-refractivity contribution < 1.29 is 13.2 Å². The molecule has 0 fully saturated rings. The second kappa shape index (κ2) is 7.70. The zero-order chi connectivity index (χ0) is 19.6. The number of sulfone groups is 1. The molecule has 1 amide bonds. The van der Waals surface area contributed by atoms with E-state index in [1.807, 2.05) is 31.2 Å². The third kappa shape index (κ3) is 4.31. The van der Waals surface area contributed by atoms with E-state index in [0.717, 1.165) is 36.1 Å². The van der Waals surface area contributed by atoms with Crippen molar-refractivity contribution in [3.8, 4) is 0 Å². The Morgan fingerprint density at radius 3 is 2.70 bits per heavy atom. The number of hydrogen-bond donors (Lipinski definition) is 1. The lowest BCUT2D eigenvalue weighted by molar-refractivity contribution is 0.0952. The van der Waals surface area contributed by atoms with Crippen LogP contribution in [0.15, 0.2) is 47.4 Å². The summed E-state index contributed by atoms with van der Waals surface area (Å²) in [5.74, 6) is 0.599. The third-order valence-corrected chi connectivity index (χ3v) is 5.86. The van der Waals surface area contributed by atoms with Gasteiger partial charge in [-0.3, -0.25) is 4.79 Å². The van der Waals surface area contributed by atoms with Crippen molar-refractivity contribution in [3.63, 3.8) is 0 Å². The van der Waals surface area contributed by atoms with Crippen molar-refractivity contribution >= 4 is 38.4 Å². The van der Waals surface area contributed by atoms with Gasteiger partial charge in [0.25, 0.3) is 5.91 Å². The van der Waals surface area contributed by atoms with Gasteiger partial charge in [0.05, 0.1) is 21.0 Å². The molecule has 1 heterocycles. The highest BCUT2D eigenvalue weighted by atomic mass is 35.5. The van der Waals surface area contributed by atoms with Crippen LogP contribution >= 0.6 is 11.6 Å². The maximum atomic E-state index is 12.3. The average molecular weight is 406 g/mol. The topological polar surface area (TPSA) is 81.1 Å². The Labute approximate surface area is 163 Å². The summed E-state index contributed by atoms with van der Waals surface area (Å²) in [6, 6.07) is 12.2. The number of nitrogens with one attached hydrogen (secondary N) is 1. The van der Waals surface area contributed by atoms with E-state index in [4.69, 9.17) is 11.6 Å². The number of halogens is 1. The van der Waals surface area contributed by atoms with Crippen molar-refractivity contribution in [2.75, 3.05) is 12.8 Å². The molecule has 0 saturated carbocycles. The molecule has 1 N–H and O–H groups in total. The number of amides is 1. The summed E-state index contributed by atoms with van der Waals surface area (Å²) in [5, 5.41) is 2.92. The fraction of sp³-hybridized carbons (Fsp3) is 0.263. The first kappa shape index (κ1) is 19.4. The lowest BCUT2D eigenvalue weighted by Gasteiger charge is -2.09. The molecule has 0 unspecified atom stereocenters. The van der Waals surface area contributed by atoms with E-state index in [0.29, 0.717) is 6.54 Å². The molecule has 0 aliphatic carbocycles. The molecule has 0 aliphatic rings. The zero-order valence-corrected chi connectivity index (χ0v) is 16.6. The number of benzene rings is 2. The smallest absolute Gasteiger partial charge is 0.251 e. The van der Waals surface area contributed by atoms with Gasteiger partial charge in [-0.2, -0.15) is 0 Å². The molecule has 0 saturated heterocycles. The molecule has 0 atom stereocenters. The standard InChI is InChI=1S/C19H20ClN3O3S/c1-13-22-16-6-3-4-7-17(16)23(13)11-5-10-21-19(24)14-8-9-15(20)18(12-14)27(2,25)26/h3-4,6-9,12H,5,10-11H2,1-2H3,(H,21,24). The molecule has 0 bridgehead atoms. The Kier molecular flexibility index (Phi) is 5.53. The van der Waals surface area contributed by atoms with Gasteiger partial charge < -0.3 is 9.88 Å². The van der Waals surface area contributed by atoms with Crippen LogP contribution in [0.25, 0.3) is 11.0 Å². The first-order valence-corrected chi connectivity index (χ1v) is 10.7. The fourth-order valence-corrected chi connectivity index (χ4v) is 4.25. The minimum atomic E-state index is -3.49. The normalized spacial score (nSPS) is 11.7. The molecule has 0 aliphatic heterocycles. The van der Waals surface area contributed by atoms with Crippen LogP contribution in [0.3, 0.4) is 0 Å². The molecule has 1 aromatic heterocycles. The lowest BCUT2D eigenvalue weighted by atomic mass is 10.2. The second-order valence-corrected chi connectivity index (χ2v) is 8.72. The summed E-state index contributed by atoms with van der Waals surface area (Å²) < 4.78 is 25.6. The van der Waals surface area contributed by atoms with Gasteiger partial charge in [0.15, 0.2) is 9.84 Å². The molecule has 142 valence electrons. The summed E-state index contributed by atoms with van der Waals surface area (Å²) in [6.07, 6.45) is 1.78. The van der Waals surface area contributed by atoms with Gasteiger partial charge in [-0.1, -0.05) is 23.7 Å². The van der Waals surface area contributed by atoms with E-state index in [-0.39, 0.29) is 21.4 Å². The monoisotopic (exact) mass is 405 g/mol. The molecule has 8 heteroatoms. The van der Waals surface area contributed by atoms with Crippen molar-refractivity contribution in [2.45, 2.75) is 24.8 Å². The Balaban J connectivity index is 1.62. The maximum absolute atomic E-state index is 12.3. The van der Waals surface area contributed by atoms with Crippen LogP contribution in [0.4, 0.5) is 0 Å². The predicted molar refractivity (Wildman–Crippen MR) is 106 cm³/mol. The van der Waals surface area contributed by atoms with E-state index < -0.39 is 9.84 Å². The number of imidazole rings is 1. The van der Waals surface area contributed by atoms with E-state index in [1.54, 1.807) is 0 Å². The van der Waals surface area contributed by atoms with E-state index in [1.165, 1.54) is 18.2 Å². The number of aryl methyl sites for hydroxylation is 2. The van der Waals surface area contributed by atoms with Gasteiger partial charge in [-0.25, -0.2) is 13.4 Å². The molecule has 3 aromatic rings. The van der Waals surface area contributed by atoms with Gasteiger partial charge in [0.1, 0.15) is 5.82 Å². The van der Waals surface area contributed by atoms with Gasteiger partial charge in [0.2, 0.25) is 0 Å². The van der Waals surface area contributed by atoms with Crippen LogP contribution < -0.4 is 5.32 Å². The number of carbonyl (C=O) groups excluding carboxylic acids is 1. The lowest BCUT2D eigenvalue weighted by Crippen LogP contribution is -2.25. The molecule has 27 heavy (non-hydrogen) atoms. The molecule has 0 radical (unpaired) electrons. The molecular formula is C19H20ClN3O3S. The van der Waals surface area contributed by atoms with Crippen molar-refractivity contribution in [1.29, 1.82) is 0 Å². The summed E-state index contributed by atoms with van der Waals surface area (Å²) >= 11 is 5.91. The highest BCUT2D eigenvalue weighted by molar-refractivity contribution is 7.90. The largest absolute Gasteiger partial charge is 0.352 e. The maximum Gasteiger partial charge on any atom is 0.251 e. The number of carbonyl (C=O) groups is 1. The summed E-state index contributed by atoms with van der Waals surface area (Å²) in [5.41, 5.74) is 2.29. The van der Waals surface area contributed by atoms with Crippen LogP contribution in [0.2, 0.25) is 5.02 Å². The van der Waals surface area contributed by atoms with E-state index in [9.17, 15) is 13.2 Å². The van der Waals surface area contributed by atoms with E-state index in [2.05, 4.69) is 14.9 Å². The van der Waals surface area contributed by atoms with Gasteiger partial charge >= 0.3 is 0 Å². The quantitative estimate of drug-likeness (QED) is 0.638. The first-order chi connectivity index (χ1) is 12.8. The third-order valence-electron chi connectivity index (χ3n) is 4.28. The highest BCUT2D eigenvalue weighted by Gasteiger charge is 2.15. The highest BCUT2D eigenvalue weighted by Crippen LogP contribution is 2.22. The number of fused-ring (bicyclic) bond motifs is 1. The van der Waals surface area contributed by atoms with Crippen molar-refractivity contribution in [2.24, 2.45) is 0 Å². The summed E-state index contributed by atoms with van der Waals surface area (Å²) in [6.45, 7) is 3.14. The van der Waals surface area contributed by atoms with Gasteiger partial charge in [-0.05, 0) is 43.7 Å². The molecule has 6 nitrogen and oxygen atoms in total. The van der Waals surface area contributed by atoms with Crippen LogP contribution in [0.1, 0.15) is 22.6 Å². The number of hydrogen-bond acceptors (Lipinski definition) is 4. The molecule has 0 spiro atoms. The Bertz CT molecular complexity index is 1110. The van der Waals surface area contributed by atoms with E-state index >= 15 is 0 Å².